The standard InChI is InChI=1S/C22H30N4O4/c1-15(2)11-25-12-18(27)13-26(14-21(25)29)20(28)6-4-5-19-23-22(24-30-19)17-9-7-16(3)8-10-17/h7-10,15,18,27H,4-6,11-14H2,1-3H3. The van der Waals surface area contributed by atoms with Crippen molar-refractivity contribution in [3.8, 4) is 11.4 Å². The second kappa shape index (κ2) is 9.84. The summed E-state index contributed by atoms with van der Waals surface area (Å²) < 4.78 is 5.29. The lowest BCUT2D eigenvalue weighted by molar-refractivity contribution is -0.139. The molecular formula is C22H30N4O4. The molecule has 1 aliphatic rings. The zero-order valence-electron chi connectivity index (χ0n) is 17.9. The number of rotatable bonds is 7. The number of aromatic nitrogens is 2. The fourth-order valence-corrected chi connectivity index (χ4v) is 3.53. The van der Waals surface area contributed by atoms with E-state index in [4.69, 9.17) is 4.52 Å². The number of benzene rings is 1. The highest BCUT2D eigenvalue weighted by Gasteiger charge is 2.29. The first-order chi connectivity index (χ1) is 14.3. The molecule has 162 valence electrons. The molecule has 8 heteroatoms. The molecule has 2 heterocycles. The smallest absolute Gasteiger partial charge is 0.242 e. The van der Waals surface area contributed by atoms with Crippen molar-refractivity contribution >= 4 is 11.8 Å². The zero-order chi connectivity index (χ0) is 21.7. The molecule has 1 aliphatic heterocycles. The van der Waals surface area contributed by atoms with Crippen molar-refractivity contribution in [3.63, 3.8) is 0 Å². The van der Waals surface area contributed by atoms with Gasteiger partial charge in [0.25, 0.3) is 0 Å². The van der Waals surface area contributed by atoms with Crippen LogP contribution in [0.15, 0.2) is 28.8 Å². The molecule has 1 atom stereocenters. The number of aliphatic hydroxyl groups is 1. The Morgan fingerprint density at radius 3 is 2.70 bits per heavy atom. The van der Waals surface area contributed by atoms with Gasteiger partial charge in [-0.25, -0.2) is 0 Å². The largest absolute Gasteiger partial charge is 0.389 e. The first-order valence-corrected chi connectivity index (χ1v) is 10.4. The fraction of sp³-hybridized carbons (Fsp3) is 0.545. The van der Waals surface area contributed by atoms with Gasteiger partial charge >= 0.3 is 0 Å². The Hall–Kier alpha value is -2.74. The van der Waals surface area contributed by atoms with Crippen LogP contribution in [0.4, 0.5) is 0 Å². The maximum Gasteiger partial charge on any atom is 0.242 e. The van der Waals surface area contributed by atoms with Gasteiger partial charge in [-0.05, 0) is 19.3 Å². The van der Waals surface area contributed by atoms with Crippen LogP contribution in [0.3, 0.4) is 0 Å². The van der Waals surface area contributed by atoms with E-state index in [2.05, 4.69) is 10.1 Å². The Morgan fingerprint density at radius 2 is 2.00 bits per heavy atom. The number of hydrogen-bond donors (Lipinski definition) is 1. The van der Waals surface area contributed by atoms with Gasteiger partial charge in [0.1, 0.15) is 0 Å². The van der Waals surface area contributed by atoms with Gasteiger partial charge in [-0.3, -0.25) is 9.59 Å². The summed E-state index contributed by atoms with van der Waals surface area (Å²) in [6, 6.07) is 7.86. The number of amides is 2. The Kier molecular flexibility index (Phi) is 7.20. The summed E-state index contributed by atoms with van der Waals surface area (Å²) in [5, 5.41) is 14.2. The summed E-state index contributed by atoms with van der Waals surface area (Å²) in [4.78, 5) is 32.5. The van der Waals surface area contributed by atoms with E-state index in [1.165, 1.54) is 4.90 Å². The highest BCUT2D eigenvalue weighted by atomic mass is 16.5. The predicted molar refractivity (Wildman–Crippen MR) is 111 cm³/mol. The third-order valence-electron chi connectivity index (χ3n) is 5.04. The van der Waals surface area contributed by atoms with E-state index in [0.29, 0.717) is 37.0 Å². The van der Waals surface area contributed by atoms with Crippen LogP contribution in [0.5, 0.6) is 0 Å². The number of aryl methyl sites for hydroxylation is 2. The quantitative estimate of drug-likeness (QED) is 0.744. The van der Waals surface area contributed by atoms with Gasteiger partial charge in [0.15, 0.2) is 0 Å². The van der Waals surface area contributed by atoms with Crippen LogP contribution in [-0.2, 0) is 16.0 Å². The summed E-state index contributed by atoms with van der Waals surface area (Å²) in [6.45, 7) is 7.10. The molecule has 0 saturated carbocycles. The number of β-amino-alcohol motifs (C(OH)–C–C–N with tert-alkyl or cyclic N) is 1. The zero-order valence-corrected chi connectivity index (χ0v) is 17.9. The molecule has 2 aromatic rings. The topological polar surface area (TPSA) is 99.8 Å². The van der Waals surface area contributed by atoms with Crippen molar-refractivity contribution in [2.45, 2.75) is 46.1 Å². The molecular weight excluding hydrogens is 384 g/mol. The Balaban J connectivity index is 1.51. The Morgan fingerprint density at radius 1 is 1.27 bits per heavy atom. The van der Waals surface area contributed by atoms with E-state index < -0.39 is 6.10 Å². The maximum absolute atomic E-state index is 12.6. The highest BCUT2D eigenvalue weighted by molar-refractivity contribution is 5.85. The van der Waals surface area contributed by atoms with Gasteiger partial charge in [-0.2, -0.15) is 4.98 Å². The van der Waals surface area contributed by atoms with E-state index in [1.807, 2.05) is 45.0 Å². The van der Waals surface area contributed by atoms with Crippen LogP contribution in [-0.4, -0.2) is 69.1 Å². The normalized spacial score (nSPS) is 17.5. The molecule has 0 spiro atoms. The highest BCUT2D eigenvalue weighted by Crippen LogP contribution is 2.17. The molecule has 0 bridgehead atoms. The monoisotopic (exact) mass is 414 g/mol. The summed E-state index contributed by atoms with van der Waals surface area (Å²) in [5.74, 6) is 1.05. The van der Waals surface area contributed by atoms with Gasteiger partial charge < -0.3 is 19.4 Å². The molecule has 0 radical (unpaired) electrons. The van der Waals surface area contributed by atoms with E-state index in [1.54, 1.807) is 4.90 Å². The Bertz CT molecular complexity index is 862. The minimum absolute atomic E-state index is 0.0146. The van der Waals surface area contributed by atoms with Crippen LogP contribution in [0.1, 0.15) is 38.1 Å². The van der Waals surface area contributed by atoms with Crippen molar-refractivity contribution in [2.75, 3.05) is 26.2 Å². The summed E-state index contributed by atoms with van der Waals surface area (Å²) in [7, 11) is 0. The lowest BCUT2D eigenvalue weighted by Gasteiger charge is -2.23. The van der Waals surface area contributed by atoms with Crippen molar-refractivity contribution in [3.05, 3.63) is 35.7 Å². The van der Waals surface area contributed by atoms with E-state index in [-0.39, 0.29) is 37.9 Å². The minimum Gasteiger partial charge on any atom is -0.389 e. The molecule has 1 aromatic carbocycles. The first kappa shape index (κ1) is 22.0. The van der Waals surface area contributed by atoms with Gasteiger partial charge in [0.2, 0.25) is 23.5 Å². The molecule has 2 amide bonds. The molecule has 1 fully saturated rings. The molecule has 1 unspecified atom stereocenters. The van der Waals surface area contributed by atoms with E-state index in [9.17, 15) is 14.7 Å². The first-order valence-electron chi connectivity index (χ1n) is 10.4. The van der Waals surface area contributed by atoms with Crippen LogP contribution < -0.4 is 0 Å². The SMILES string of the molecule is Cc1ccc(-c2noc(CCCC(=O)N3CC(=O)N(CC(C)C)CC(O)C3)n2)cc1. The van der Waals surface area contributed by atoms with Gasteiger partial charge in [-0.15, -0.1) is 0 Å². The van der Waals surface area contributed by atoms with Crippen LogP contribution in [0.25, 0.3) is 11.4 Å². The van der Waals surface area contributed by atoms with E-state index in [0.717, 1.165) is 11.1 Å². The van der Waals surface area contributed by atoms with Crippen molar-refractivity contribution < 1.29 is 19.2 Å². The molecule has 1 N–H and O–H groups in total. The summed E-state index contributed by atoms with van der Waals surface area (Å²) in [5.41, 5.74) is 2.04. The number of carbonyl (C=O) groups excluding carboxylic acids is 2. The number of carbonyl (C=O) groups is 2. The second-order valence-electron chi connectivity index (χ2n) is 8.35. The number of hydrogen-bond acceptors (Lipinski definition) is 6. The van der Waals surface area contributed by atoms with Gasteiger partial charge in [0.05, 0.1) is 12.6 Å². The minimum atomic E-state index is -0.729. The lowest BCUT2D eigenvalue weighted by atomic mass is 10.1. The summed E-state index contributed by atoms with van der Waals surface area (Å²) >= 11 is 0. The fourth-order valence-electron chi connectivity index (χ4n) is 3.53. The number of nitrogens with zero attached hydrogens (tertiary/aromatic N) is 4. The van der Waals surface area contributed by atoms with Gasteiger partial charge in [-0.1, -0.05) is 48.8 Å². The molecule has 0 aliphatic carbocycles. The summed E-state index contributed by atoms with van der Waals surface area (Å²) in [6.07, 6.45) is 0.540. The van der Waals surface area contributed by atoms with Crippen molar-refractivity contribution in [2.24, 2.45) is 5.92 Å². The molecule has 1 saturated heterocycles. The average Bonchev–Trinajstić information content (AvgIpc) is 3.10. The molecule has 1 aromatic heterocycles. The number of aliphatic hydroxyl groups excluding tert-OH is 1. The van der Waals surface area contributed by atoms with Crippen LogP contribution in [0, 0.1) is 12.8 Å². The van der Waals surface area contributed by atoms with Crippen molar-refractivity contribution in [1.82, 2.24) is 19.9 Å². The molecule has 8 nitrogen and oxygen atoms in total. The third-order valence-corrected chi connectivity index (χ3v) is 5.04. The maximum atomic E-state index is 12.6. The van der Waals surface area contributed by atoms with Crippen LogP contribution in [0.2, 0.25) is 0 Å². The van der Waals surface area contributed by atoms with Crippen LogP contribution >= 0.6 is 0 Å². The van der Waals surface area contributed by atoms with Crippen molar-refractivity contribution in [1.29, 1.82) is 0 Å². The average molecular weight is 415 g/mol. The Labute approximate surface area is 176 Å². The lowest BCUT2D eigenvalue weighted by Crippen LogP contribution is -2.40. The molecule has 30 heavy (non-hydrogen) atoms. The predicted octanol–water partition coefficient (Wildman–Crippen LogP) is 2.06. The molecule has 3 rings (SSSR count). The second-order valence-corrected chi connectivity index (χ2v) is 8.35. The van der Waals surface area contributed by atoms with E-state index >= 15 is 0 Å². The van der Waals surface area contributed by atoms with Gasteiger partial charge in [0, 0.05) is 38.0 Å². The third kappa shape index (κ3) is 5.89.